The Labute approximate surface area is 108 Å². The molecule has 1 aliphatic heterocycles. The lowest BCUT2D eigenvalue weighted by Crippen LogP contribution is -2.33. The van der Waals surface area contributed by atoms with Crippen molar-refractivity contribution in [1.82, 2.24) is 0 Å². The average molecular weight is 245 g/mol. The molecular formula is C15H19NO2. The summed E-state index contributed by atoms with van der Waals surface area (Å²) in [4.78, 5) is 12.4. The van der Waals surface area contributed by atoms with Gasteiger partial charge in [-0.25, -0.2) is 0 Å². The molecule has 1 aromatic carbocycles. The minimum atomic E-state index is -0.291. The van der Waals surface area contributed by atoms with Gasteiger partial charge < -0.3 is 10.1 Å². The highest BCUT2D eigenvalue weighted by Gasteiger charge is 2.46. The molecule has 1 aliphatic carbocycles. The highest BCUT2D eigenvalue weighted by atomic mass is 16.5. The fraction of sp³-hybridized carbons (Fsp3) is 0.533. The van der Waals surface area contributed by atoms with Gasteiger partial charge in [-0.15, -0.1) is 0 Å². The van der Waals surface area contributed by atoms with Gasteiger partial charge in [0.15, 0.2) is 0 Å². The van der Waals surface area contributed by atoms with E-state index in [1.54, 1.807) is 7.11 Å². The van der Waals surface area contributed by atoms with E-state index in [4.69, 9.17) is 4.74 Å². The van der Waals surface area contributed by atoms with Crippen LogP contribution in [0.1, 0.15) is 44.1 Å². The summed E-state index contributed by atoms with van der Waals surface area (Å²) in [6.45, 7) is 0. The number of hydrogen-bond acceptors (Lipinski definition) is 2. The molecule has 1 fully saturated rings. The first-order valence-corrected chi connectivity index (χ1v) is 6.76. The SMILES string of the molecule is COc1ccc2c(c1)C1(CCCCCC1)C(=O)N2. The molecule has 0 atom stereocenters. The first-order valence-electron chi connectivity index (χ1n) is 6.76. The van der Waals surface area contributed by atoms with Crippen molar-refractivity contribution < 1.29 is 9.53 Å². The van der Waals surface area contributed by atoms with E-state index in [-0.39, 0.29) is 11.3 Å². The summed E-state index contributed by atoms with van der Waals surface area (Å²) in [5.74, 6) is 1.03. The topological polar surface area (TPSA) is 38.3 Å². The Morgan fingerprint density at radius 1 is 1.17 bits per heavy atom. The smallest absolute Gasteiger partial charge is 0.235 e. The van der Waals surface area contributed by atoms with Crippen LogP contribution in [0.25, 0.3) is 0 Å². The summed E-state index contributed by atoms with van der Waals surface area (Å²) >= 11 is 0. The van der Waals surface area contributed by atoms with Gasteiger partial charge in [0.2, 0.25) is 5.91 Å². The van der Waals surface area contributed by atoms with Gasteiger partial charge in [0, 0.05) is 5.69 Å². The Bertz CT molecular complexity index is 473. The van der Waals surface area contributed by atoms with Crippen molar-refractivity contribution >= 4 is 11.6 Å². The fourth-order valence-electron chi connectivity index (χ4n) is 3.35. The summed E-state index contributed by atoms with van der Waals surface area (Å²) in [6, 6.07) is 5.92. The Morgan fingerprint density at radius 3 is 2.56 bits per heavy atom. The monoisotopic (exact) mass is 245 g/mol. The van der Waals surface area contributed by atoms with E-state index in [0.29, 0.717) is 0 Å². The van der Waals surface area contributed by atoms with Crippen molar-refractivity contribution in [2.75, 3.05) is 12.4 Å². The van der Waals surface area contributed by atoms with Gasteiger partial charge in [-0.05, 0) is 36.6 Å². The van der Waals surface area contributed by atoms with Gasteiger partial charge in [0.05, 0.1) is 12.5 Å². The minimum absolute atomic E-state index is 0.188. The molecule has 1 aromatic rings. The maximum absolute atomic E-state index is 12.4. The van der Waals surface area contributed by atoms with Crippen molar-refractivity contribution in [3.8, 4) is 5.75 Å². The summed E-state index contributed by atoms with van der Waals surface area (Å²) < 4.78 is 5.30. The van der Waals surface area contributed by atoms with Crippen molar-refractivity contribution in [3.63, 3.8) is 0 Å². The van der Waals surface area contributed by atoms with Crippen LogP contribution < -0.4 is 10.1 Å². The fourth-order valence-corrected chi connectivity index (χ4v) is 3.35. The standard InChI is InChI=1S/C15H19NO2/c1-18-11-6-7-13-12(10-11)15(14(17)16-13)8-4-2-3-5-9-15/h6-7,10H,2-5,8-9H2,1H3,(H,16,17). The number of fused-ring (bicyclic) bond motifs is 2. The highest BCUT2D eigenvalue weighted by Crippen LogP contribution is 2.47. The van der Waals surface area contributed by atoms with Crippen molar-refractivity contribution in [3.05, 3.63) is 23.8 Å². The number of rotatable bonds is 1. The predicted octanol–water partition coefficient (Wildman–Crippen LogP) is 3.24. The molecule has 1 heterocycles. The molecule has 96 valence electrons. The van der Waals surface area contributed by atoms with Crippen LogP contribution >= 0.6 is 0 Å². The van der Waals surface area contributed by atoms with Gasteiger partial charge in [0.25, 0.3) is 0 Å². The van der Waals surface area contributed by atoms with Crippen LogP contribution in [-0.2, 0) is 10.2 Å². The third kappa shape index (κ3) is 1.61. The number of hydrogen-bond donors (Lipinski definition) is 1. The van der Waals surface area contributed by atoms with Crippen molar-refractivity contribution in [1.29, 1.82) is 0 Å². The lowest BCUT2D eigenvalue weighted by molar-refractivity contribution is -0.121. The van der Waals surface area contributed by atoms with Crippen molar-refractivity contribution in [2.45, 2.75) is 43.9 Å². The van der Waals surface area contributed by atoms with E-state index in [1.807, 2.05) is 18.2 Å². The van der Waals surface area contributed by atoms with Crippen LogP contribution in [0.5, 0.6) is 5.75 Å². The third-order valence-corrected chi connectivity index (χ3v) is 4.38. The lowest BCUT2D eigenvalue weighted by Gasteiger charge is -2.25. The van der Waals surface area contributed by atoms with Crippen LogP contribution in [0.15, 0.2) is 18.2 Å². The molecule has 0 aromatic heterocycles. The minimum Gasteiger partial charge on any atom is -0.497 e. The quantitative estimate of drug-likeness (QED) is 0.824. The number of anilines is 1. The van der Waals surface area contributed by atoms with E-state index >= 15 is 0 Å². The molecule has 3 nitrogen and oxygen atoms in total. The molecule has 1 saturated carbocycles. The summed E-state index contributed by atoms with van der Waals surface area (Å²) in [5.41, 5.74) is 1.83. The molecule has 1 spiro atoms. The molecule has 0 saturated heterocycles. The third-order valence-electron chi connectivity index (χ3n) is 4.38. The maximum Gasteiger partial charge on any atom is 0.235 e. The van der Waals surface area contributed by atoms with E-state index in [2.05, 4.69) is 5.32 Å². The van der Waals surface area contributed by atoms with Crippen LogP contribution in [0.3, 0.4) is 0 Å². The Kier molecular flexibility index (Phi) is 2.77. The molecule has 3 heteroatoms. The van der Waals surface area contributed by atoms with Crippen molar-refractivity contribution in [2.24, 2.45) is 0 Å². The molecule has 0 bridgehead atoms. The number of ether oxygens (including phenoxy) is 1. The number of methoxy groups -OCH3 is 1. The van der Waals surface area contributed by atoms with Gasteiger partial charge in [-0.3, -0.25) is 4.79 Å². The van der Waals surface area contributed by atoms with Gasteiger partial charge >= 0.3 is 0 Å². The number of benzene rings is 1. The predicted molar refractivity (Wildman–Crippen MR) is 71.0 cm³/mol. The molecule has 1 N–H and O–H groups in total. The van der Waals surface area contributed by atoms with E-state index in [9.17, 15) is 4.79 Å². The number of carbonyl (C=O) groups excluding carboxylic acids is 1. The summed E-state index contributed by atoms with van der Waals surface area (Å²) in [6.07, 6.45) is 6.72. The van der Waals surface area contributed by atoms with Gasteiger partial charge in [-0.2, -0.15) is 0 Å². The normalized spacial score (nSPS) is 21.3. The second-order valence-electron chi connectivity index (χ2n) is 5.36. The molecule has 0 radical (unpaired) electrons. The van der Waals surface area contributed by atoms with Gasteiger partial charge in [-0.1, -0.05) is 25.7 Å². The maximum atomic E-state index is 12.4. The zero-order valence-corrected chi connectivity index (χ0v) is 10.8. The number of carbonyl (C=O) groups is 1. The molecule has 1 amide bonds. The molecule has 3 rings (SSSR count). The zero-order chi connectivity index (χ0) is 12.6. The van der Waals surface area contributed by atoms with E-state index in [0.717, 1.165) is 42.7 Å². The number of nitrogens with one attached hydrogen (secondary N) is 1. The zero-order valence-electron chi connectivity index (χ0n) is 10.8. The molecule has 2 aliphatic rings. The molecule has 0 unspecified atom stereocenters. The lowest BCUT2D eigenvalue weighted by atomic mass is 9.75. The summed E-state index contributed by atoms with van der Waals surface area (Å²) in [7, 11) is 1.67. The van der Waals surface area contributed by atoms with Crippen LogP contribution in [-0.4, -0.2) is 13.0 Å². The Morgan fingerprint density at radius 2 is 1.89 bits per heavy atom. The number of amides is 1. The van der Waals surface area contributed by atoms with Crippen LogP contribution in [0.2, 0.25) is 0 Å². The average Bonchev–Trinajstić information content (AvgIpc) is 2.59. The molecule has 18 heavy (non-hydrogen) atoms. The second-order valence-corrected chi connectivity index (χ2v) is 5.36. The first kappa shape index (κ1) is 11.6. The Balaban J connectivity index is 2.08. The second kappa shape index (κ2) is 4.30. The highest BCUT2D eigenvalue weighted by molar-refractivity contribution is 6.06. The largest absolute Gasteiger partial charge is 0.497 e. The first-order chi connectivity index (χ1) is 8.76. The Hall–Kier alpha value is -1.51. The molecular weight excluding hydrogens is 226 g/mol. The van der Waals surface area contributed by atoms with Crippen LogP contribution in [0.4, 0.5) is 5.69 Å². The summed E-state index contributed by atoms with van der Waals surface area (Å²) in [5, 5.41) is 3.04. The van der Waals surface area contributed by atoms with Gasteiger partial charge in [0.1, 0.15) is 5.75 Å². The van der Waals surface area contributed by atoms with E-state index in [1.165, 1.54) is 12.8 Å². The van der Waals surface area contributed by atoms with Crippen LogP contribution in [0, 0.1) is 0 Å². The van der Waals surface area contributed by atoms with E-state index < -0.39 is 0 Å².